The second kappa shape index (κ2) is 35.3. The van der Waals surface area contributed by atoms with Crippen LogP contribution in [0.15, 0.2) is 24.8 Å². The van der Waals surface area contributed by atoms with Gasteiger partial charge in [0.05, 0.1) is 45.6 Å². The van der Waals surface area contributed by atoms with Gasteiger partial charge in [-0.15, -0.1) is 0 Å². The average molecular weight is 1230 g/mol. The predicted octanol–water partition coefficient (Wildman–Crippen LogP) is 15.5. The van der Waals surface area contributed by atoms with Gasteiger partial charge in [-0.05, 0) is 161 Å². The van der Waals surface area contributed by atoms with Gasteiger partial charge in [-0.3, -0.25) is 0 Å². The summed E-state index contributed by atoms with van der Waals surface area (Å²) in [6, 6.07) is 0. The minimum atomic E-state index is 0.537. The first-order valence-electron chi connectivity index (χ1n) is 32.0. The molecule has 0 bridgehead atoms. The maximum atomic E-state index is 4.65. The molecular weight excluding hydrogens is 1100 g/mol. The van der Waals surface area contributed by atoms with E-state index in [1.54, 1.807) is 0 Å². The fourth-order valence-electron chi connectivity index (χ4n) is 10.1. The van der Waals surface area contributed by atoms with Crippen LogP contribution in [0.5, 0.6) is 0 Å². The van der Waals surface area contributed by atoms with Gasteiger partial charge in [0, 0.05) is 128 Å². The molecule has 1 aliphatic rings. The molecule has 9 aromatic rings. The van der Waals surface area contributed by atoms with E-state index in [9.17, 15) is 0 Å². The molecule has 0 spiro atoms. The van der Waals surface area contributed by atoms with Crippen molar-refractivity contribution < 1.29 is 0 Å². The van der Waals surface area contributed by atoms with Gasteiger partial charge < -0.3 is 41.1 Å². The maximum Gasteiger partial charge on any atom is 0.105 e. The summed E-state index contributed by atoms with van der Waals surface area (Å²) in [4.78, 5) is 39.1. The van der Waals surface area contributed by atoms with Crippen molar-refractivity contribution >= 4 is 0 Å². The standard InChI is InChI=1S/C11H18N2.2C9H16N2.2C8H14N2.2C7H12N2.2C6H10N2/c1-8-11(10-6-4-5-7-10)12-9(2)13(8)3;2*1-6(2)9-7(3)11(5)8(4)10-9;1-6(2)8-5-10(4)7(3)9-8;1-6(2)8-5-9-7(3)10(8)4;2*1-5-6(2)9(4)7(3)8-5;2*1-5-4-8(3)6(2)7-5/h10H,4-7H2,1-3H3;2*6H,1-5H3;2*5-6H,1-4H3;2*1-4H3;2*4H,1-3H3. The highest BCUT2D eigenvalue weighted by Crippen LogP contribution is 2.35. The van der Waals surface area contributed by atoms with Gasteiger partial charge in [-0.2, -0.15) is 0 Å². The van der Waals surface area contributed by atoms with Crippen molar-refractivity contribution in [1.29, 1.82) is 0 Å². The minimum absolute atomic E-state index is 0.537. The molecule has 1 saturated carbocycles. The molecule has 1 aliphatic carbocycles. The molecule has 0 radical (unpaired) electrons. The molecule has 496 valence electrons. The van der Waals surface area contributed by atoms with E-state index in [0.29, 0.717) is 23.7 Å². The molecule has 0 atom stereocenters. The summed E-state index contributed by atoms with van der Waals surface area (Å²) in [6.45, 7) is 54.2. The Kier molecular flexibility index (Phi) is 31.0. The molecule has 0 amide bonds. The van der Waals surface area contributed by atoms with Crippen molar-refractivity contribution in [3.05, 3.63) is 157 Å². The zero-order valence-electron chi connectivity index (χ0n) is 62.6. The third kappa shape index (κ3) is 22.7. The molecule has 89 heavy (non-hydrogen) atoms. The number of hydrogen-bond donors (Lipinski definition) is 0. The summed E-state index contributed by atoms with van der Waals surface area (Å²) >= 11 is 0. The SMILES string of the molecule is Cc1cn(C)c(C)n1.Cc1cn(C)c(C)n1.Cc1nc(C(C)C)c(C)n1C.Cc1nc(C(C)C)c(C)n1C.Cc1nc(C(C)C)cn1C.Cc1nc(C)n(C)c1C.Cc1nc(C)n(C)c1C.Cc1nc(C2CCCC2)c(C)n1C.Cc1ncc(C(C)C)n1C. The topological polar surface area (TPSA) is 160 Å². The first-order valence-corrected chi connectivity index (χ1v) is 32.0. The molecule has 0 aromatic carbocycles. The van der Waals surface area contributed by atoms with E-state index in [1.165, 1.54) is 82.6 Å². The lowest BCUT2D eigenvalue weighted by atomic mass is 10.0. The second-order valence-electron chi connectivity index (χ2n) is 25.6. The molecular formula is C71H122N18. The molecule has 0 N–H and O–H groups in total. The van der Waals surface area contributed by atoms with Crippen molar-refractivity contribution in [2.45, 2.75) is 235 Å². The van der Waals surface area contributed by atoms with E-state index >= 15 is 0 Å². The largest absolute Gasteiger partial charge is 0.338 e. The van der Waals surface area contributed by atoms with E-state index < -0.39 is 0 Å². The molecule has 18 nitrogen and oxygen atoms in total. The lowest BCUT2D eigenvalue weighted by Gasteiger charge is -2.06. The number of hydrogen-bond acceptors (Lipinski definition) is 9. The molecule has 9 heterocycles. The smallest absolute Gasteiger partial charge is 0.105 e. The van der Waals surface area contributed by atoms with Crippen LogP contribution < -0.4 is 0 Å². The first-order chi connectivity index (χ1) is 41.2. The van der Waals surface area contributed by atoms with E-state index in [-0.39, 0.29) is 0 Å². The second-order valence-corrected chi connectivity index (χ2v) is 25.6. The van der Waals surface area contributed by atoms with Crippen LogP contribution in [0.25, 0.3) is 0 Å². The van der Waals surface area contributed by atoms with Gasteiger partial charge in [-0.1, -0.05) is 68.2 Å². The van der Waals surface area contributed by atoms with Crippen LogP contribution in [0.1, 0.15) is 243 Å². The molecule has 9 aromatic heterocycles. The van der Waals surface area contributed by atoms with Gasteiger partial charge in [0.25, 0.3) is 0 Å². The third-order valence-electron chi connectivity index (χ3n) is 17.5. The molecule has 0 saturated heterocycles. The third-order valence-corrected chi connectivity index (χ3v) is 17.5. The van der Waals surface area contributed by atoms with Crippen LogP contribution in [0.4, 0.5) is 0 Å². The molecule has 1 fully saturated rings. The van der Waals surface area contributed by atoms with Gasteiger partial charge in [0.1, 0.15) is 52.4 Å². The van der Waals surface area contributed by atoms with Gasteiger partial charge in [-0.25, -0.2) is 44.9 Å². The normalized spacial score (nSPS) is 11.7. The van der Waals surface area contributed by atoms with Gasteiger partial charge in [0.15, 0.2) is 0 Å². The summed E-state index contributed by atoms with van der Waals surface area (Å²) in [6.07, 6.45) is 13.5. The van der Waals surface area contributed by atoms with Crippen LogP contribution in [0, 0.1) is 125 Å². The lowest BCUT2D eigenvalue weighted by molar-refractivity contribution is 0.693. The fourth-order valence-corrected chi connectivity index (χ4v) is 10.1. The number of imidazole rings is 9. The number of nitrogens with zero attached hydrogens (tertiary/aromatic N) is 18. The number of rotatable bonds is 5. The van der Waals surface area contributed by atoms with E-state index in [1.807, 2.05) is 146 Å². The summed E-state index contributed by atoms with van der Waals surface area (Å²) in [7, 11) is 18.4. The van der Waals surface area contributed by atoms with Crippen molar-refractivity contribution in [3.8, 4) is 0 Å². The monoisotopic (exact) mass is 1230 g/mol. The molecule has 18 heteroatoms. The fraction of sp³-hybridized carbons (Fsp3) is 0.620. The van der Waals surface area contributed by atoms with Gasteiger partial charge >= 0.3 is 0 Å². The number of aromatic nitrogens is 18. The Morgan fingerprint density at radius 1 is 0.326 bits per heavy atom. The Morgan fingerprint density at radius 3 is 0.820 bits per heavy atom. The summed E-state index contributed by atoms with van der Waals surface area (Å²) < 4.78 is 18.9. The summed E-state index contributed by atoms with van der Waals surface area (Å²) in [5, 5.41) is 0. The molecule has 0 unspecified atom stereocenters. The van der Waals surface area contributed by atoms with Crippen molar-refractivity contribution in [2.24, 2.45) is 63.4 Å². The molecule has 10 rings (SSSR count). The van der Waals surface area contributed by atoms with Crippen LogP contribution in [-0.4, -0.2) is 86.0 Å². The highest BCUT2D eigenvalue weighted by Gasteiger charge is 2.22. The maximum absolute atomic E-state index is 4.65. The Hall–Kier alpha value is -7.11. The average Bonchev–Trinajstić information content (AvgIpc) is 4.59. The minimum Gasteiger partial charge on any atom is -0.338 e. The van der Waals surface area contributed by atoms with Gasteiger partial charge in [0.2, 0.25) is 0 Å². The Morgan fingerprint density at radius 2 is 0.663 bits per heavy atom. The summed E-state index contributed by atoms with van der Waals surface area (Å²) in [5.41, 5.74) is 17.2. The van der Waals surface area contributed by atoms with Crippen molar-refractivity contribution in [3.63, 3.8) is 0 Å². The van der Waals surface area contributed by atoms with E-state index in [4.69, 9.17) is 0 Å². The predicted molar refractivity (Wildman–Crippen MR) is 372 cm³/mol. The van der Waals surface area contributed by atoms with E-state index in [2.05, 4.69) is 208 Å². The van der Waals surface area contributed by atoms with Crippen molar-refractivity contribution in [2.75, 3.05) is 0 Å². The van der Waals surface area contributed by atoms with Crippen LogP contribution in [-0.2, 0) is 63.4 Å². The first kappa shape index (κ1) is 78.0. The zero-order valence-corrected chi connectivity index (χ0v) is 62.6. The van der Waals surface area contributed by atoms with Crippen LogP contribution in [0.2, 0.25) is 0 Å². The Bertz CT molecular complexity index is 3310. The highest BCUT2D eigenvalue weighted by atomic mass is 15.1. The quantitative estimate of drug-likeness (QED) is 0.163. The van der Waals surface area contributed by atoms with E-state index in [0.717, 1.165) is 81.1 Å². The summed E-state index contributed by atoms with van der Waals surface area (Å²) in [5.74, 6) is 12.8. The van der Waals surface area contributed by atoms with Crippen LogP contribution >= 0.6 is 0 Å². The number of aryl methyl sites for hydroxylation is 16. The van der Waals surface area contributed by atoms with Crippen LogP contribution in [0.3, 0.4) is 0 Å². The highest BCUT2D eigenvalue weighted by molar-refractivity contribution is 5.21. The Balaban J connectivity index is 0.000000343. The lowest BCUT2D eigenvalue weighted by Crippen LogP contribution is -1.99. The zero-order chi connectivity index (χ0) is 68.4. The Labute approximate surface area is 539 Å². The molecule has 0 aliphatic heterocycles. The van der Waals surface area contributed by atoms with Crippen molar-refractivity contribution in [1.82, 2.24) is 86.0 Å².